The number of aliphatic hydroxyl groups excluding tert-OH is 2. The first-order chi connectivity index (χ1) is 23.1. The maximum absolute atomic E-state index is 13.4. The van der Waals surface area contributed by atoms with Crippen LogP contribution in [0.3, 0.4) is 0 Å². The predicted molar refractivity (Wildman–Crippen MR) is 169 cm³/mol. The van der Waals surface area contributed by atoms with E-state index < -0.39 is 130 Å². The molecule has 0 aromatic rings. The van der Waals surface area contributed by atoms with Crippen LogP contribution in [-0.2, 0) is 42.8 Å². The number of carbonyl (C=O) groups is 3. The quantitative estimate of drug-likeness (QED) is 0.113. The molecule has 3 aliphatic heterocycles. The normalized spacial score (nSPS) is 60.1. The molecule has 5 saturated carbocycles. The van der Waals surface area contributed by atoms with Gasteiger partial charge in [-0.05, 0) is 43.9 Å². The van der Waals surface area contributed by atoms with E-state index in [2.05, 4.69) is 0 Å². The van der Waals surface area contributed by atoms with Gasteiger partial charge in [-0.25, -0.2) is 4.79 Å². The monoisotopic (exact) mass is 707 g/mol. The molecule has 8 rings (SSSR count). The van der Waals surface area contributed by atoms with Gasteiger partial charge in [-0.3, -0.25) is 9.59 Å². The van der Waals surface area contributed by atoms with Gasteiger partial charge in [0.1, 0.15) is 24.4 Å². The molecular formula is C36H53NO13. The van der Waals surface area contributed by atoms with Crippen LogP contribution in [0.1, 0.15) is 75.2 Å². The second-order valence-electron chi connectivity index (χ2n) is 18.0. The van der Waals surface area contributed by atoms with Gasteiger partial charge in [0.2, 0.25) is 5.79 Å². The second-order valence-corrected chi connectivity index (χ2v) is 18.0. The number of carbonyl (C=O) groups excluding carboxylic acids is 3. The summed E-state index contributed by atoms with van der Waals surface area (Å²) < 4.78 is 37.2. The van der Waals surface area contributed by atoms with E-state index >= 15 is 0 Å². The lowest BCUT2D eigenvalue weighted by atomic mass is 9.40. The van der Waals surface area contributed by atoms with Gasteiger partial charge < -0.3 is 54.6 Å². The Balaban J connectivity index is 1.35. The van der Waals surface area contributed by atoms with E-state index in [0.717, 1.165) is 0 Å². The maximum atomic E-state index is 13.4. The van der Waals surface area contributed by atoms with Crippen molar-refractivity contribution in [3.8, 4) is 0 Å². The molecule has 8 fully saturated rings. The molecule has 5 aliphatic carbocycles. The van der Waals surface area contributed by atoms with Gasteiger partial charge in [0.15, 0.2) is 11.9 Å². The van der Waals surface area contributed by atoms with Crippen LogP contribution >= 0.6 is 0 Å². The van der Waals surface area contributed by atoms with Crippen molar-refractivity contribution in [2.45, 2.75) is 147 Å². The second kappa shape index (κ2) is 10.2. The van der Waals surface area contributed by atoms with Crippen molar-refractivity contribution in [1.29, 1.82) is 0 Å². The van der Waals surface area contributed by atoms with Crippen LogP contribution in [0.25, 0.3) is 0 Å². The third kappa shape index (κ3) is 3.75. The molecule has 0 aromatic heterocycles. The van der Waals surface area contributed by atoms with Gasteiger partial charge in [-0.2, -0.15) is 0 Å². The van der Waals surface area contributed by atoms with Gasteiger partial charge in [0.05, 0.1) is 35.4 Å². The molecule has 3 saturated heterocycles. The highest BCUT2D eigenvalue weighted by atomic mass is 16.8. The third-order valence-electron chi connectivity index (χ3n) is 15.8. The van der Waals surface area contributed by atoms with E-state index in [9.17, 15) is 34.8 Å². The zero-order valence-corrected chi connectivity index (χ0v) is 30.2. The summed E-state index contributed by atoms with van der Waals surface area (Å²) in [7, 11) is 0. The Kier molecular flexibility index (Phi) is 7.16. The Bertz CT molecular complexity index is 1520. The molecule has 0 aromatic carbocycles. The zero-order valence-electron chi connectivity index (χ0n) is 30.2. The number of ether oxygens (including phenoxy) is 6. The highest BCUT2D eigenvalue weighted by molar-refractivity contribution is 5.84. The van der Waals surface area contributed by atoms with Crippen molar-refractivity contribution in [3.63, 3.8) is 0 Å². The van der Waals surface area contributed by atoms with Crippen molar-refractivity contribution in [3.05, 3.63) is 0 Å². The third-order valence-corrected chi connectivity index (χ3v) is 15.8. The minimum absolute atomic E-state index is 0.130. The van der Waals surface area contributed by atoms with E-state index in [1.165, 1.54) is 20.8 Å². The summed E-state index contributed by atoms with van der Waals surface area (Å²) in [6, 6.07) is -1.20. The molecule has 14 nitrogen and oxygen atoms in total. The number of nitrogens with two attached hydrogens (primary N) is 1. The maximum Gasteiger partial charge on any atom is 0.341 e. The standard InChI is InChI=1S/C36H53NO13/c1-12(2)29(41)48-28-24-17(47-24)11-35(44)26(37)23(40)19-16(32(28,35)7)10-18(45-14(4)38)31(6)20-13(3)27-36(49-27)33(8,34(9,43)30(42)50-36)22(20)25(21(19)31)46-15(5)39/h12-13,16-29,40-41,43-44H,10-11,37H2,1-9H3/t13-,16?,17-,18-,19?,20-,21+,22-,23+,24-,25+,26+,27+,28-,29?,31+,32-,33-,34+,35-,36-/m0/s1. The Hall–Kier alpha value is -1.91. The first-order valence-electron chi connectivity index (χ1n) is 18.2. The van der Waals surface area contributed by atoms with Crippen molar-refractivity contribution >= 4 is 17.9 Å². The molecule has 6 N–H and O–H groups in total. The van der Waals surface area contributed by atoms with Gasteiger partial charge >= 0.3 is 17.9 Å². The highest BCUT2D eigenvalue weighted by Crippen LogP contribution is 2.81. The van der Waals surface area contributed by atoms with Crippen LogP contribution in [0.15, 0.2) is 0 Å². The summed E-state index contributed by atoms with van der Waals surface area (Å²) >= 11 is 0. The van der Waals surface area contributed by atoms with E-state index in [1.807, 2.05) is 34.6 Å². The fourth-order valence-electron chi connectivity index (χ4n) is 13.3. The minimum Gasteiger partial charge on any atom is -0.462 e. The van der Waals surface area contributed by atoms with Crippen LogP contribution in [0.4, 0.5) is 0 Å². The van der Waals surface area contributed by atoms with E-state index in [-0.39, 0.29) is 30.8 Å². The first-order valence-corrected chi connectivity index (χ1v) is 18.2. The summed E-state index contributed by atoms with van der Waals surface area (Å²) in [6.07, 6.45) is -6.36. The average molecular weight is 708 g/mol. The van der Waals surface area contributed by atoms with Gasteiger partial charge in [0, 0.05) is 48.9 Å². The summed E-state index contributed by atoms with van der Waals surface area (Å²) in [4.78, 5) is 39.6. The minimum atomic E-state index is -2.05. The molecule has 14 heteroatoms. The van der Waals surface area contributed by atoms with E-state index in [4.69, 9.17) is 34.2 Å². The number of hydrogen-bond donors (Lipinski definition) is 5. The number of esters is 3. The first kappa shape index (κ1) is 35.1. The number of hydrogen-bond acceptors (Lipinski definition) is 14. The molecule has 3 heterocycles. The molecule has 0 radical (unpaired) electrons. The Morgan fingerprint density at radius 3 is 2.26 bits per heavy atom. The molecule has 0 amide bonds. The van der Waals surface area contributed by atoms with Crippen LogP contribution < -0.4 is 5.73 Å². The number of rotatable bonds is 5. The summed E-state index contributed by atoms with van der Waals surface area (Å²) in [5.41, 5.74) is -0.505. The van der Waals surface area contributed by atoms with E-state index in [1.54, 1.807) is 6.92 Å². The molecule has 3 unspecified atom stereocenters. The lowest BCUT2D eigenvalue weighted by Gasteiger charge is -2.68. The Morgan fingerprint density at radius 2 is 1.66 bits per heavy atom. The molecule has 21 atom stereocenters. The molecule has 1 spiro atoms. The number of aliphatic hydroxyl groups is 4. The van der Waals surface area contributed by atoms with Crippen molar-refractivity contribution < 1.29 is 63.2 Å². The SMILES string of the molecule is CC(=O)O[C@H]1[C@@H]2[C@H]([C@H](C)[C@H]3O[C@]34OC(=O)[C@@](C)(O)[C@]24C)[C@@]2(C)[C@@H](OC(C)=O)CC3C([C@@H](O)[C@@H](N)[C@@]4(O)C[C@@H]5O[C@@H]5[C@H](OC(O)C(C)C)[C@]34C)[C@H]12. The van der Waals surface area contributed by atoms with Crippen molar-refractivity contribution in [1.82, 2.24) is 0 Å². The smallest absolute Gasteiger partial charge is 0.341 e. The zero-order chi connectivity index (χ0) is 36.6. The lowest BCUT2D eigenvalue weighted by Crippen LogP contribution is -2.80. The lowest BCUT2D eigenvalue weighted by molar-refractivity contribution is -0.313. The van der Waals surface area contributed by atoms with Crippen molar-refractivity contribution in [2.75, 3.05) is 0 Å². The fraction of sp³-hybridized carbons (Fsp3) is 0.917. The molecular weight excluding hydrogens is 654 g/mol. The molecule has 8 aliphatic rings. The molecule has 0 bridgehead atoms. The van der Waals surface area contributed by atoms with Gasteiger partial charge in [0.25, 0.3) is 0 Å². The van der Waals surface area contributed by atoms with Crippen LogP contribution in [-0.4, -0.2) is 110 Å². The van der Waals surface area contributed by atoms with Gasteiger partial charge in [-0.1, -0.05) is 34.6 Å². The fourth-order valence-corrected chi connectivity index (χ4v) is 13.3. The van der Waals surface area contributed by atoms with Gasteiger partial charge in [-0.15, -0.1) is 0 Å². The van der Waals surface area contributed by atoms with E-state index in [0.29, 0.717) is 0 Å². The largest absolute Gasteiger partial charge is 0.462 e. The summed E-state index contributed by atoms with van der Waals surface area (Å²) in [6.45, 7) is 15.2. The highest BCUT2D eigenvalue weighted by Gasteiger charge is 2.93. The predicted octanol–water partition coefficient (Wildman–Crippen LogP) is 0.383. The number of epoxide rings is 2. The van der Waals surface area contributed by atoms with Crippen LogP contribution in [0, 0.1) is 57.7 Å². The topological polar surface area (TPSA) is 220 Å². The Morgan fingerprint density at radius 1 is 1.02 bits per heavy atom. The summed E-state index contributed by atoms with van der Waals surface area (Å²) in [5.74, 6) is -7.45. The Labute approximate surface area is 291 Å². The summed E-state index contributed by atoms with van der Waals surface area (Å²) in [5, 5.41) is 48.3. The molecule has 50 heavy (non-hydrogen) atoms. The van der Waals surface area contributed by atoms with Crippen LogP contribution in [0.2, 0.25) is 0 Å². The van der Waals surface area contributed by atoms with Crippen molar-refractivity contribution in [2.24, 2.45) is 63.4 Å². The van der Waals surface area contributed by atoms with Crippen LogP contribution in [0.5, 0.6) is 0 Å². The number of fused-ring (bicyclic) bond motifs is 9. The molecule has 280 valence electrons. The average Bonchev–Trinajstić information content (AvgIpc) is 3.91.